The molecule has 3 aromatic rings. The molecule has 1 unspecified atom stereocenters. The van der Waals surface area contributed by atoms with Gasteiger partial charge in [-0.1, -0.05) is 30.3 Å². The molecule has 1 aliphatic rings. The lowest BCUT2D eigenvalue weighted by Gasteiger charge is -2.28. The van der Waals surface area contributed by atoms with E-state index in [1.54, 1.807) is 14.2 Å². The summed E-state index contributed by atoms with van der Waals surface area (Å²) in [5.41, 5.74) is 2.07. The molecule has 8 heteroatoms. The van der Waals surface area contributed by atoms with Gasteiger partial charge >= 0.3 is 0 Å². The minimum absolute atomic E-state index is 0.0871. The van der Waals surface area contributed by atoms with Gasteiger partial charge in [-0.05, 0) is 44.0 Å². The van der Waals surface area contributed by atoms with E-state index in [-0.39, 0.29) is 11.9 Å². The number of methoxy groups -OCH3 is 2. The highest BCUT2D eigenvalue weighted by molar-refractivity contribution is 7.20. The number of thiophene rings is 1. The standard InChI is InChI=1S/C23H28N4O3S/c1-15-19-22(30-3)25-18(14-29-2)26-23(19)31-20(15)21(28)24-13-17(27-11-7-8-12-27)16-9-5-4-6-10-16/h4-6,9-10,17H,7-8,11-14H2,1-3H3,(H,24,28). The van der Waals surface area contributed by atoms with E-state index in [0.717, 1.165) is 28.9 Å². The summed E-state index contributed by atoms with van der Waals surface area (Å²) in [6, 6.07) is 10.6. The summed E-state index contributed by atoms with van der Waals surface area (Å²) in [7, 11) is 3.18. The molecular formula is C23H28N4O3S. The van der Waals surface area contributed by atoms with Crippen molar-refractivity contribution in [2.45, 2.75) is 32.4 Å². The quantitative estimate of drug-likeness (QED) is 0.575. The molecule has 0 bridgehead atoms. The number of likely N-dealkylation sites (tertiary alicyclic amines) is 1. The van der Waals surface area contributed by atoms with E-state index in [4.69, 9.17) is 9.47 Å². The first kappa shape index (κ1) is 21.7. The lowest BCUT2D eigenvalue weighted by atomic mass is 10.1. The SMILES string of the molecule is COCc1nc(OC)c2c(C)c(C(=O)NCC(c3ccccc3)N3CCCC3)sc2n1. The predicted molar refractivity (Wildman–Crippen MR) is 122 cm³/mol. The van der Waals surface area contributed by atoms with Crippen LogP contribution in [0.1, 0.15) is 45.5 Å². The molecule has 0 aliphatic carbocycles. The van der Waals surface area contributed by atoms with E-state index in [1.165, 1.54) is 29.7 Å². The lowest BCUT2D eigenvalue weighted by Crippen LogP contribution is -2.36. The van der Waals surface area contributed by atoms with Gasteiger partial charge in [-0.3, -0.25) is 9.69 Å². The fraction of sp³-hybridized carbons (Fsp3) is 0.435. The second kappa shape index (κ2) is 9.72. The Morgan fingerprint density at radius 2 is 1.94 bits per heavy atom. The van der Waals surface area contributed by atoms with Gasteiger partial charge < -0.3 is 14.8 Å². The zero-order chi connectivity index (χ0) is 21.8. The Kier molecular flexibility index (Phi) is 6.80. The van der Waals surface area contributed by atoms with Crippen molar-refractivity contribution in [1.82, 2.24) is 20.2 Å². The number of carbonyl (C=O) groups is 1. The maximum absolute atomic E-state index is 13.2. The first-order chi connectivity index (χ1) is 15.1. The summed E-state index contributed by atoms with van der Waals surface area (Å²) in [5, 5.41) is 3.96. The van der Waals surface area contributed by atoms with Crippen LogP contribution in [-0.2, 0) is 11.3 Å². The number of hydrogen-bond acceptors (Lipinski definition) is 7. The number of amides is 1. The van der Waals surface area contributed by atoms with Crippen LogP contribution >= 0.6 is 11.3 Å². The van der Waals surface area contributed by atoms with Crippen LogP contribution in [0, 0.1) is 6.92 Å². The molecule has 1 aliphatic heterocycles. The molecular weight excluding hydrogens is 412 g/mol. The normalized spacial score (nSPS) is 15.3. The molecule has 3 heterocycles. The molecule has 0 saturated carbocycles. The fourth-order valence-corrected chi connectivity index (χ4v) is 5.26. The molecule has 2 aromatic heterocycles. The van der Waals surface area contributed by atoms with Gasteiger partial charge in [0.1, 0.15) is 11.4 Å². The van der Waals surface area contributed by atoms with E-state index >= 15 is 0 Å². The van der Waals surface area contributed by atoms with Crippen molar-refractivity contribution in [3.8, 4) is 5.88 Å². The van der Waals surface area contributed by atoms with Gasteiger partial charge in [0.05, 0.1) is 23.4 Å². The van der Waals surface area contributed by atoms with Gasteiger partial charge in [-0.2, -0.15) is 4.98 Å². The van der Waals surface area contributed by atoms with Gasteiger partial charge in [0, 0.05) is 13.7 Å². The third-order valence-electron chi connectivity index (χ3n) is 5.70. The van der Waals surface area contributed by atoms with Crippen molar-refractivity contribution in [2.75, 3.05) is 33.9 Å². The Balaban J connectivity index is 1.58. The van der Waals surface area contributed by atoms with Crippen LogP contribution in [0.15, 0.2) is 30.3 Å². The zero-order valence-corrected chi connectivity index (χ0v) is 19.0. The Hall–Kier alpha value is -2.55. The third-order valence-corrected chi connectivity index (χ3v) is 6.88. The van der Waals surface area contributed by atoms with Gasteiger partial charge in [0.2, 0.25) is 5.88 Å². The Labute approximate surface area is 186 Å². The molecule has 164 valence electrons. The van der Waals surface area contributed by atoms with Gasteiger partial charge in [0.25, 0.3) is 5.91 Å². The molecule has 1 amide bonds. The number of carbonyl (C=O) groups excluding carboxylic acids is 1. The van der Waals surface area contributed by atoms with Crippen LogP contribution in [0.4, 0.5) is 0 Å². The maximum atomic E-state index is 13.2. The summed E-state index contributed by atoms with van der Waals surface area (Å²) in [6.07, 6.45) is 2.41. The fourth-order valence-electron chi connectivity index (χ4n) is 4.16. The Bertz CT molecular complexity index is 1050. The zero-order valence-electron chi connectivity index (χ0n) is 18.2. The number of aryl methyl sites for hydroxylation is 1. The van der Waals surface area contributed by atoms with Crippen LogP contribution in [-0.4, -0.2) is 54.6 Å². The average molecular weight is 441 g/mol. The molecule has 0 radical (unpaired) electrons. The van der Waals surface area contributed by atoms with Crippen LogP contribution in [0.5, 0.6) is 5.88 Å². The number of aromatic nitrogens is 2. The van der Waals surface area contributed by atoms with Crippen molar-refractivity contribution in [1.29, 1.82) is 0 Å². The smallest absolute Gasteiger partial charge is 0.261 e. The predicted octanol–water partition coefficient (Wildman–Crippen LogP) is 3.72. The molecule has 0 spiro atoms. The lowest BCUT2D eigenvalue weighted by molar-refractivity contribution is 0.0941. The molecule has 1 atom stereocenters. The summed E-state index contributed by atoms with van der Waals surface area (Å²) < 4.78 is 10.6. The molecule has 7 nitrogen and oxygen atoms in total. The van der Waals surface area contributed by atoms with E-state index < -0.39 is 0 Å². The maximum Gasteiger partial charge on any atom is 0.261 e. The second-order valence-electron chi connectivity index (χ2n) is 7.70. The molecule has 1 N–H and O–H groups in total. The van der Waals surface area contributed by atoms with E-state index in [2.05, 4.69) is 44.5 Å². The number of nitrogens with one attached hydrogen (secondary N) is 1. The van der Waals surface area contributed by atoms with Crippen LogP contribution < -0.4 is 10.1 Å². The van der Waals surface area contributed by atoms with Crippen LogP contribution in [0.3, 0.4) is 0 Å². The second-order valence-corrected chi connectivity index (χ2v) is 8.70. The molecule has 1 fully saturated rings. The highest BCUT2D eigenvalue weighted by atomic mass is 32.1. The minimum atomic E-state index is -0.0871. The van der Waals surface area contributed by atoms with Crippen LogP contribution in [0.25, 0.3) is 10.2 Å². The summed E-state index contributed by atoms with van der Waals surface area (Å²) in [5.74, 6) is 0.929. The molecule has 4 rings (SSSR count). The number of ether oxygens (including phenoxy) is 2. The third kappa shape index (κ3) is 4.56. The van der Waals surface area contributed by atoms with Crippen molar-refractivity contribution in [2.24, 2.45) is 0 Å². The monoisotopic (exact) mass is 440 g/mol. The number of rotatable bonds is 8. The minimum Gasteiger partial charge on any atom is -0.480 e. The highest BCUT2D eigenvalue weighted by Gasteiger charge is 2.26. The first-order valence-electron chi connectivity index (χ1n) is 10.5. The summed E-state index contributed by atoms with van der Waals surface area (Å²) in [6.45, 7) is 4.90. The number of benzene rings is 1. The first-order valence-corrected chi connectivity index (χ1v) is 11.3. The summed E-state index contributed by atoms with van der Waals surface area (Å²) >= 11 is 1.37. The highest BCUT2D eigenvalue weighted by Crippen LogP contribution is 2.35. The Morgan fingerprint density at radius 3 is 2.61 bits per heavy atom. The molecule has 31 heavy (non-hydrogen) atoms. The van der Waals surface area contributed by atoms with E-state index in [9.17, 15) is 4.79 Å². The number of fused-ring (bicyclic) bond motifs is 1. The van der Waals surface area contributed by atoms with Crippen molar-refractivity contribution in [3.05, 3.63) is 52.2 Å². The van der Waals surface area contributed by atoms with Crippen molar-refractivity contribution >= 4 is 27.5 Å². The van der Waals surface area contributed by atoms with Gasteiger partial charge in [-0.25, -0.2) is 4.98 Å². The largest absolute Gasteiger partial charge is 0.480 e. The number of hydrogen-bond donors (Lipinski definition) is 1. The Morgan fingerprint density at radius 1 is 1.19 bits per heavy atom. The topological polar surface area (TPSA) is 76.6 Å². The average Bonchev–Trinajstić information content (AvgIpc) is 3.43. The molecule has 1 aromatic carbocycles. The van der Waals surface area contributed by atoms with Crippen molar-refractivity contribution in [3.63, 3.8) is 0 Å². The number of nitrogens with zero attached hydrogens (tertiary/aromatic N) is 3. The van der Waals surface area contributed by atoms with E-state index in [1.807, 2.05) is 13.0 Å². The summed E-state index contributed by atoms with van der Waals surface area (Å²) in [4.78, 5) is 26.0. The van der Waals surface area contributed by atoms with Crippen LogP contribution in [0.2, 0.25) is 0 Å². The van der Waals surface area contributed by atoms with Gasteiger partial charge in [0.15, 0.2) is 5.82 Å². The molecule has 1 saturated heterocycles. The van der Waals surface area contributed by atoms with E-state index in [0.29, 0.717) is 29.7 Å². The van der Waals surface area contributed by atoms with Crippen molar-refractivity contribution < 1.29 is 14.3 Å². The van der Waals surface area contributed by atoms with Gasteiger partial charge in [-0.15, -0.1) is 11.3 Å².